The Morgan fingerprint density at radius 3 is 2.75 bits per heavy atom. The molecule has 0 heterocycles. The molecule has 0 saturated carbocycles. The Balaban J connectivity index is 2.75. The monoisotopic (exact) mass is 292 g/mol. The molecule has 0 aliphatic rings. The van der Waals surface area contributed by atoms with E-state index in [1.807, 2.05) is 30.3 Å². The lowest BCUT2D eigenvalue weighted by Gasteiger charge is -2.18. The minimum absolute atomic E-state index is 0.00727. The summed E-state index contributed by atoms with van der Waals surface area (Å²) < 4.78 is 0. The molecule has 0 saturated heterocycles. The number of benzene rings is 1. The van der Waals surface area contributed by atoms with Gasteiger partial charge in [-0.05, 0) is 24.5 Å². The number of nitrogens with two attached hydrogens (primary N) is 1. The van der Waals surface area contributed by atoms with E-state index in [1.54, 1.807) is 11.8 Å². The Hall–Kier alpha value is -1.26. The Kier molecular flexibility index (Phi) is 7.41. The van der Waals surface area contributed by atoms with Crippen molar-refractivity contribution >= 4 is 23.4 Å². The SMILES string of the molecule is C=CCSc1ccccc1NC(=O)C(CN)CC(C)C. The van der Waals surface area contributed by atoms with E-state index in [9.17, 15) is 4.79 Å². The van der Waals surface area contributed by atoms with Crippen LogP contribution >= 0.6 is 11.8 Å². The third-order valence-corrected chi connectivity index (χ3v) is 3.98. The number of hydrogen-bond donors (Lipinski definition) is 2. The van der Waals surface area contributed by atoms with Crippen LogP contribution in [0.25, 0.3) is 0 Å². The largest absolute Gasteiger partial charge is 0.330 e. The zero-order valence-corrected chi connectivity index (χ0v) is 13.1. The lowest BCUT2D eigenvalue weighted by molar-refractivity contribution is -0.120. The average Bonchev–Trinajstić information content (AvgIpc) is 2.43. The molecule has 0 aromatic heterocycles. The number of hydrogen-bond acceptors (Lipinski definition) is 3. The van der Waals surface area contributed by atoms with Crippen LogP contribution in [-0.4, -0.2) is 18.2 Å². The summed E-state index contributed by atoms with van der Waals surface area (Å²) in [4.78, 5) is 13.3. The molecule has 0 fully saturated rings. The average molecular weight is 292 g/mol. The highest BCUT2D eigenvalue weighted by molar-refractivity contribution is 7.99. The van der Waals surface area contributed by atoms with E-state index in [4.69, 9.17) is 5.73 Å². The quantitative estimate of drug-likeness (QED) is 0.569. The smallest absolute Gasteiger partial charge is 0.228 e. The van der Waals surface area contributed by atoms with E-state index < -0.39 is 0 Å². The van der Waals surface area contributed by atoms with Crippen molar-refractivity contribution in [3.05, 3.63) is 36.9 Å². The van der Waals surface area contributed by atoms with Gasteiger partial charge in [0.05, 0.1) is 11.6 Å². The molecular formula is C16H24N2OS. The number of nitrogens with one attached hydrogen (secondary N) is 1. The van der Waals surface area contributed by atoms with E-state index in [2.05, 4.69) is 25.7 Å². The van der Waals surface area contributed by atoms with Gasteiger partial charge in [-0.25, -0.2) is 0 Å². The van der Waals surface area contributed by atoms with Gasteiger partial charge in [0, 0.05) is 17.2 Å². The molecule has 1 amide bonds. The predicted molar refractivity (Wildman–Crippen MR) is 88.0 cm³/mol. The van der Waals surface area contributed by atoms with Crippen molar-refractivity contribution in [2.45, 2.75) is 25.2 Å². The molecule has 20 heavy (non-hydrogen) atoms. The number of amides is 1. The van der Waals surface area contributed by atoms with E-state index in [0.29, 0.717) is 12.5 Å². The van der Waals surface area contributed by atoms with E-state index in [1.165, 1.54) is 0 Å². The van der Waals surface area contributed by atoms with Gasteiger partial charge in [-0.2, -0.15) is 0 Å². The molecule has 3 nitrogen and oxygen atoms in total. The Labute approximate surface area is 126 Å². The normalized spacial score (nSPS) is 12.2. The van der Waals surface area contributed by atoms with Crippen LogP contribution in [0.3, 0.4) is 0 Å². The van der Waals surface area contributed by atoms with Crippen LogP contribution in [0, 0.1) is 11.8 Å². The van der Waals surface area contributed by atoms with Gasteiger partial charge in [0.25, 0.3) is 0 Å². The summed E-state index contributed by atoms with van der Waals surface area (Å²) in [5.41, 5.74) is 6.57. The van der Waals surface area contributed by atoms with E-state index in [0.717, 1.165) is 22.8 Å². The van der Waals surface area contributed by atoms with Crippen LogP contribution in [0.1, 0.15) is 20.3 Å². The van der Waals surface area contributed by atoms with Gasteiger partial charge in [-0.3, -0.25) is 4.79 Å². The second-order valence-corrected chi connectivity index (χ2v) is 6.21. The number of rotatable bonds is 8. The summed E-state index contributed by atoms with van der Waals surface area (Å²) in [5.74, 6) is 1.15. The van der Waals surface area contributed by atoms with Gasteiger partial charge in [-0.1, -0.05) is 32.1 Å². The highest BCUT2D eigenvalue weighted by Crippen LogP contribution is 2.27. The molecular weight excluding hydrogens is 268 g/mol. The first kappa shape index (κ1) is 16.8. The van der Waals surface area contributed by atoms with Crippen molar-refractivity contribution in [2.75, 3.05) is 17.6 Å². The second-order valence-electron chi connectivity index (χ2n) is 5.15. The van der Waals surface area contributed by atoms with Crippen LogP contribution in [0.2, 0.25) is 0 Å². The van der Waals surface area contributed by atoms with Crippen LogP contribution < -0.4 is 11.1 Å². The molecule has 1 atom stereocenters. The maximum Gasteiger partial charge on any atom is 0.228 e. The standard InChI is InChI=1S/C16H24N2OS/c1-4-9-20-15-8-6-5-7-14(15)18-16(19)13(11-17)10-12(2)3/h4-8,12-13H,1,9-11,17H2,2-3H3,(H,18,19). The first-order valence-electron chi connectivity index (χ1n) is 6.92. The fraction of sp³-hybridized carbons (Fsp3) is 0.438. The minimum atomic E-state index is -0.132. The fourth-order valence-electron chi connectivity index (χ4n) is 1.96. The Morgan fingerprint density at radius 2 is 2.15 bits per heavy atom. The predicted octanol–water partition coefficient (Wildman–Crippen LogP) is 3.52. The Morgan fingerprint density at radius 1 is 1.45 bits per heavy atom. The molecule has 4 heteroatoms. The molecule has 1 rings (SSSR count). The maximum atomic E-state index is 12.3. The second kappa shape index (κ2) is 8.82. The molecule has 3 N–H and O–H groups in total. The zero-order chi connectivity index (χ0) is 15.0. The van der Waals surface area contributed by atoms with Crippen LogP contribution in [0.5, 0.6) is 0 Å². The molecule has 0 bridgehead atoms. The van der Waals surface area contributed by atoms with Gasteiger partial charge in [0.1, 0.15) is 0 Å². The van der Waals surface area contributed by atoms with Crippen molar-refractivity contribution in [1.29, 1.82) is 0 Å². The third-order valence-electron chi connectivity index (χ3n) is 2.91. The van der Waals surface area contributed by atoms with Gasteiger partial charge in [0.15, 0.2) is 0 Å². The van der Waals surface area contributed by atoms with Crippen molar-refractivity contribution < 1.29 is 4.79 Å². The number of para-hydroxylation sites is 1. The van der Waals surface area contributed by atoms with E-state index >= 15 is 0 Å². The number of anilines is 1. The molecule has 0 aliphatic carbocycles. The summed E-state index contributed by atoms with van der Waals surface area (Å²) in [7, 11) is 0. The first-order chi connectivity index (χ1) is 9.58. The summed E-state index contributed by atoms with van der Waals surface area (Å²) in [6.45, 7) is 8.30. The maximum absolute atomic E-state index is 12.3. The Bertz CT molecular complexity index is 446. The topological polar surface area (TPSA) is 55.1 Å². The summed E-state index contributed by atoms with van der Waals surface area (Å²) in [5, 5.41) is 3.00. The first-order valence-corrected chi connectivity index (χ1v) is 7.90. The molecule has 110 valence electrons. The van der Waals surface area contributed by atoms with Crippen molar-refractivity contribution in [1.82, 2.24) is 0 Å². The van der Waals surface area contributed by atoms with Gasteiger partial charge in [0.2, 0.25) is 5.91 Å². The van der Waals surface area contributed by atoms with Gasteiger partial charge in [-0.15, -0.1) is 18.3 Å². The van der Waals surface area contributed by atoms with Crippen LogP contribution in [0.4, 0.5) is 5.69 Å². The van der Waals surface area contributed by atoms with Crippen molar-refractivity contribution in [3.63, 3.8) is 0 Å². The highest BCUT2D eigenvalue weighted by atomic mass is 32.2. The summed E-state index contributed by atoms with van der Waals surface area (Å²) in [6, 6.07) is 7.82. The van der Waals surface area contributed by atoms with Gasteiger partial charge < -0.3 is 11.1 Å². The van der Waals surface area contributed by atoms with Crippen LogP contribution in [0.15, 0.2) is 41.8 Å². The summed E-state index contributed by atoms with van der Waals surface area (Å²) >= 11 is 1.66. The molecule has 0 radical (unpaired) electrons. The third kappa shape index (κ3) is 5.39. The van der Waals surface area contributed by atoms with Crippen molar-refractivity contribution in [3.8, 4) is 0 Å². The number of carbonyl (C=O) groups is 1. The lowest BCUT2D eigenvalue weighted by Crippen LogP contribution is -2.30. The fourth-order valence-corrected chi connectivity index (χ4v) is 2.71. The highest BCUT2D eigenvalue weighted by Gasteiger charge is 2.19. The van der Waals surface area contributed by atoms with Crippen LogP contribution in [-0.2, 0) is 4.79 Å². The molecule has 1 aromatic rings. The molecule has 0 spiro atoms. The zero-order valence-electron chi connectivity index (χ0n) is 12.3. The summed E-state index contributed by atoms with van der Waals surface area (Å²) in [6.07, 6.45) is 2.66. The minimum Gasteiger partial charge on any atom is -0.330 e. The number of thioether (sulfide) groups is 1. The van der Waals surface area contributed by atoms with Crippen molar-refractivity contribution in [2.24, 2.45) is 17.6 Å². The lowest BCUT2D eigenvalue weighted by atomic mass is 9.96. The molecule has 1 aromatic carbocycles. The number of carbonyl (C=O) groups excluding carboxylic acids is 1. The van der Waals surface area contributed by atoms with E-state index in [-0.39, 0.29) is 11.8 Å². The molecule has 0 aliphatic heterocycles. The molecule has 1 unspecified atom stereocenters. The van der Waals surface area contributed by atoms with Gasteiger partial charge >= 0.3 is 0 Å².